The third kappa shape index (κ3) is 4.89. The molecule has 1 saturated carbocycles. The Morgan fingerprint density at radius 1 is 1.17 bits per heavy atom. The number of hydrogen-bond donors (Lipinski definition) is 2. The van der Waals surface area contributed by atoms with Crippen molar-refractivity contribution in [2.24, 2.45) is 0 Å². The monoisotopic (exact) mass is 483 g/mol. The van der Waals surface area contributed by atoms with Crippen LogP contribution in [0.5, 0.6) is 0 Å². The van der Waals surface area contributed by atoms with Crippen LogP contribution >= 0.6 is 0 Å². The van der Waals surface area contributed by atoms with Gasteiger partial charge in [0.05, 0.1) is 28.5 Å². The summed E-state index contributed by atoms with van der Waals surface area (Å²) in [6.07, 6.45) is 5.00. The first-order chi connectivity index (χ1) is 17.3. The molecule has 1 aliphatic carbocycles. The summed E-state index contributed by atoms with van der Waals surface area (Å²) in [5.74, 6) is 0.287. The molecular formula is C28H33N7O. The number of fused-ring (bicyclic) bond motifs is 1. The predicted molar refractivity (Wildman–Crippen MR) is 140 cm³/mol. The topological polar surface area (TPSA) is 107 Å². The van der Waals surface area contributed by atoms with Gasteiger partial charge in [-0.2, -0.15) is 5.26 Å². The number of hydrogen-bond acceptors (Lipinski definition) is 7. The van der Waals surface area contributed by atoms with Crippen LogP contribution in [0.2, 0.25) is 0 Å². The highest BCUT2D eigenvalue weighted by molar-refractivity contribution is 6.08. The fourth-order valence-electron chi connectivity index (χ4n) is 5.08. The number of nitrogens with one attached hydrogen (secondary N) is 2. The van der Waals surface area contributed by atoms with Crippen molar-refractivity contribution >= 4 is 22.5 Å². The average Bonchev–Trinajstić information content (AvgIpc) is 3.71. The van der Waals surface area contributed by atoms with Crippen LogP contribution in [0.15, 0.2) is 24.4 Å². The number of amides is 1. The van der Waals surface area contributed by atoms with Crippen molar-refractivity contribution < 1.29 is 4.79 Å². The molecule has 0 aromatic carbocycles. The van der Waals surface area contributed by atoms with Crippen LogP contribution in [0.25, 0.3) is 10.9 Å². The molecule has 186 valence electrons. The predicted octanol–water partition coefficient (Wildman–Crippen LogP) is 4.07. The largest absolute Gasteiger partial charge is 0.369 e. The Hall–Kier alpha value is -3.57. The van der Waals surface area contributed by atoms with Gasteiger partial charge in [0.2, 0.25) is 0 Å². The fraction of sp³-hybridized carbons (Fsp3) is 0.464. The lowest BCUT2D eigenvalue weighted by atomic mass is 10.0. The van der Waals surface area contributed by atoms with E-state index in [1.165, 1.54) is 0 Å². The Morgan fingerprint density at radius 3 is 2.69 bits per heavy atom. The molecule has 3 aromatic heterocycles. The van der Waals surface area contributed by atoms with E-state index in [0.717, 1.165) is 78.1 Å². The van der Waals surface area contributed by atoms with Gasteiger partial charge in [0, 0.05) is 54.6 Å². The highest BCUT2D eigenvalue weighted by Crippen LogP contribution is 2.43. The number of aromatic nitrogens is 3. The van der Waals surface area contributed by atoms with Crippen molar-refractivity contribution in [2.45, 2.75) is 65.0 Å². The zero-order valence-corrected chi connectivity index (χ0v) is 21.4. The van der Waals surface area contributed by atoms with E-state index < -0.39 is 0 Å². The van der Waals surface area contributed by atoms with Crippen molar-refractivity contribution in [1.29, 1.82) is 5.26 Å². The number of nitriles is 1. The molecule has 2 aliphatic rings. The number of rotatable bonds is 5. The zero-order chi connectivity index (χ0) is 25.4. The van der Waals surface area contributed by atoms with E-state index in [9.17, 15) is 10.1 Å². The van der Waals surface area contributed by atoms with Crippen molar-refractivity contribution in [3.63, 3.8) is 0 Å². The van der Waals surface area contributed by atoms with Gasteiger partial charge in [0.1, 0.15) is 11.8 Å². The number of aryl methyl sites for hydroxylation is 2. The molecule has 36 heavy (non-hydrogen) atoms. The van der Waals surface area contributed by atoms with Gasteiger partial charge in [-0.05, 0) is 70.7 Å². The molecule has 3 aromatic rings. The smallest absolute Gasteiger partial charge is 0.255 e. The van der Waals surface area contributed by atoms with Crippen molar-refractivity contribution in [3.8, 4) is 6.07 Å². The first kappa shape index (κ1) is 24.1. The van der Waals surface area contributed by atoms with Crippen LogP contribution in [0.1, 0.15) is 83.8 Å². The summed E-state index contributed by atoms with van der Waals surface area (Å²) in [5, 5.41) is 17.0. The maximum absolute atomic E-state index is 13.8. The number of nitrogens with zero attached hydrogens (tertiary/aromatic N) is 5. The average molecular weight is 484 g/mol. The minimum atomic E-state index is -0.290. The Bertz CT molecular complexity index is 1360. The summed E-state index contributed by atoms with van der Waals surface area (Å²) in [7, 11) is 0. The Balaban J connectivity index is 1.57. The van der Waals surface area contributed by atoms with Crippen LogP contribution in [0.4, 0.5) is 5.69 Å². The summed E-state index contributed by atoms with van der Waals surface area (Å²) in [6.45, 7) is 10.5. The Morgan fingerprint density at radius 2 is 1.94 bits per heavy atom. The molecule has 1 amide bonds. The molecule has 2 atom stereocenters. The Labute approximate surface area is 212 Å². The lowest BCUT2D eigenvalue weighted by Gasteiger charge is -2.27. The van der Waals surface area contributed by atoms with E-state index in [4.69, 9.17) is 9.97 Å². The maximum atomic E-state index is 13.8. The SMILES string of the molecule is Cc1cc([C@H](C)NC(=O)c2cnc3c(C4CC4)nc(C)cc3c2N2CCN[C@@H](C)CC2)cc(C#N)n1. The van der Waals surface area contributed by atoms with Gasteiger partial charge in [-0.3, -0.25) is 14.8 Å². The summed E-state index contributed by atoms with van der Waals surface area (Å²) in [6, 6.07) is 7.96. The van der Waals surface area contributed by atoms with Gasteiger partial charge in [-0.1, -0.05) is 0 Å². The first-order valence-corrected chi connectivity index (χ1v) is 12.8. The van der Waals surface area contributed by atoms with E-state index in [2.05, 4.69) is 39.6 Å². The van der Waals surface area contributed by atoms with Gasteiger partial charge >= 0.3 is 0 Å². The first-order valence-electron chi connectivity index (χ1n) is 12.8. The molecule has 0 radical (unpaired) electrons. The van der Waals surface area contributed by atoms with E-state index in [1.807, 2.05) is 26.8 Å². The normalized spacial score (nSPS) is 19.0. The molecule has 5 rings (SSSR count). The molecule has 0 spiro atoms. The van der Waals surface area contributed by atoms with E-state index in [0.29, 0.717) is 23.2 Å². The lowest BCUT2D eigenvalue weighted by molar-refractivity contribution is 0.0940. The van der Waals surface area contributed by atoms with Crippen LogP contribution in [-0.4, -0.2) is 46.5 Å². The molecule has 1 saturated heterocycles. The molecule has 8 heteroatoms. The van der Waals surface area contributed by atoms with Gasteiger partial charge in [0.15, 0.2) is 0 Å². The molecule has 0 unspecified atom stereocenters. The van der Waals surface area contributed by atoms with Crippen molar-refractivity contribution in [1.82, 2.24) is 25.6 Å². The molecule has 8 nitrogen and oxygen atoms in total. The van der Waals surface area contributed by atoms with Crippen LogP contribution in [0.3, 0.4) is 0 Å². The second-order valence-corrected chi connectivity index (χ2v) is 10.2. The van der Waals surface area contributed by atoms with E-state index in [-0.39, 0.29) is 11.9 Å². The summed E-state index contributed by atoms with van der Waals surface area (Å²) >= 11 is 0. The van der Waals surface area contributed by atoms with Crippen molar-refractivity contribution in [3.05, 3.63) is 58.3 Å². The number of carbonyl (C=O) groups is 1. The maximum Gasteiger partial charge on any atom is 0.255 e. The standard InChI is InChI=1S/C28H33N7O/c1-16-7-9-35(10-8-30-16)27-23-12-18(3)33-25(20-5-6-20)26(23)31-15-24(27)28(36)34-19(4)21-11-17(2)32-22(13-21)14-29/h11-13,15-16,19-20,30H,5-10H2,1-4H3,(H,34,36)/t16-,19-/m0/s1. The van der Waals surface area contributed by atoms with Gasteiger partial charge < -0.3 is 15.5 Å². The van der Waals surface area contributed by atoms with Crippen LogP contribution < -0.4 is 15.5 Å². The summed E-state index contributed by atoms with van der Waals surface area (Å²) in [5.41, 5.74) is 6.39. The Kier molecular flexibility index (Phi) is 6.59. The zero-order valence-electron chi connectivity index (χ0n) is 21.4. The highest BCUT2D eigenvalue weighted by Gasteiger charge is 2.31. The minimum absolute atomic E-state index is 0.174. The second-order valence-electron chi connectivity index (χ2n) is 10.2. The molecule has 1 aliphatic heterocycles. The quantitative estimate of drug-likeness (QED) is 0.563. The highest BCUT2D eigenvalue weighted by atomic mass is 16.1. The number of pyridine rings is 3. The van der Waals surface area contributed by atoms with Gasteiger partial charge in [-0.25, -0.2) is 4.98 Å². The van der Waals surface area contributed by atoms with Crippen LogP contribution in [0, 0.1) is 25.2 Å². The second kappa shape index (κ2) is 9.82. The third-order valence-corrected chi connectivity index (χ3v) is 7.15. The minimum Gasteiger partial charge on any atom is -0.369 e. The third-order valence-electron chi connectivity index (χ3n) is 7.15. The molecule has 2 N–H and O–H groups in total. The lowest BCUT2D eigenvalue weighted by Crippen LogP contribution is -2.33. The summed E-state index contributed by atoms with van der Waals surface area (Å²) in [4.78, 5) is 30.0. The van der Waals surface area contributed by atoms with Gasteiger partial charge in [-0.15, -0.1) is 0 Å². The molecule has 0 bridgehead atoms. The van der Waals surface area contributed by atoms with E-state index in [1.54, 1.807) is 12.3 Å². The fourth-order valence-corrected chi connectivity index (χ4v) is 5.08. The number of carbonyl (C=O) groups excluding carboxylic acids is 1. The van der Waals surface area contributed by atoms with Crippen LogP contribution in [-0.2, 0) is 0 Å². The van der Waals surface area contributed by atoms with Gasteiger partial charge in [0.25, 0.3) is 5.91 Å². The van der Waals surface area contributed by atoms with Crippen molar-refractivity contribution in [2.75, 3.05) is 24.5 Å². The number of anilines is 1. The van der Waals surface area contributed by atoms with E-state index >= 15 is 0 Å². The molecule has 2 fully saturated rings. The molecular weight excluding hydrogens is 450 g/mol. The summed E-state index contributed by atoms with van der Waals surface area (Å²) < 4.78 is 0. The molecule has 4 heterocycles.